The number of methoxy groups -OCH3 is 2. The third-order valence-corrected chi connectivity index (χ3v) is 4.28. The maximum atomic E-state index is 5.41. The Hall–Kier alpha value is -1.22. The maximum absolute atomic E-state index is 5.41. The SMILES string of the molecule is COc1cc(OC)cc(C2(C(C)(C)C)CCCN2)c1. The molecule has 2 rings (SSSR count). The molecule has 0 saturated carbocycles. The van der Waals surface area contributed by atoms with Crippen LogP contribution in [0.4, 0.5) is 0 Å². The number of hydrogen-bond acceptors (Lipinski definition) is 3. The van der Waals surface area contributed by atoms with Crippen LogP contribution in [0.5, 0.6) is 11.5 Å². The second-order valence-electron chi connectivity index (χ2n) is 6.29. The quantitative estimate of drug-likeness (QED) is 0.907. The maximum Gasteiger partial charge on any atom is 0.122 e. The van der Waals surface area contributed by atoms with Gasteiger partial charge in [0.15, 0.2) is 0 Å². The Balaban J connectivity index is 2.54. The molecule has 1 aliphatic heterocycles. The lowest BCUT2D eigenvalue weighted by atomic mass is 9.68. The first-order valence-electron chi connectivity index (χ1n) is 6.91. The average Bonchev–Trinajstić information content (AvgIpc) is 2.88. The molecule has 19 heavy (non-hydrogen) atoms. The van der Waals surface area contributed by atoms with E-state index in [1.165, 1.54) is 12.0 Å². The molecule has 1 unspecified atom stereocenters. The largest absolute Gasteiger partial charge is 0.497 e. The van der Waals surface area contributed by atoms with Crippen LogP contribution in [0, 0.1) is 5.41 Å². The summed E-state index contributed by atoms with van der Waals surface area (Å²) >= 11 is 0. The zero-order chi connectivity index (χ0) is 14.1. The zero-order valence-corrected chi connectivity index (χ0v) is 12.7. The molecule has 3 nitrogen and oxygen atoms in total. The van der Waals surface area contributed by atoms with Crippen molar-refractivity contribution in [2.24, 2.45) is 5.41 Å². The molecule has 1 heterocycles. The number of benzene rings is 1. The summed E-state index contributed by atoms with van der Waals surface area (Å²) in [6.07, 6.45) is 2.35. The minimum atomic E-state index is -0.00514. The lowest BCUT2D eigenvalue weighted by Gasteiger charge is -2.43. The van der Waals surface area contributed by atoms with Crippen LogP contribution in [0.3, 0.4) is 0 Å². The molecular formula is C16H25NO2. The van der Waals surface area contributed by atoms with Gasteiger partial charge >= 0.3 is 0 Å². The fourth-order valence-corrected chi connectivity index (χ4v) is 3.12. The second kappa shape index (κ2) is 5.04. The van der Waals surface area contributed by atoms with E-state index in [9.17, 15) is 0 Å². The van der Waals surface area contributed by atoms with E-state index in [1.54, 1.807) is 14.2 Å². The van der Waals surface area contributed by atoms with Crippen LogP contribution in [0.2, 0.25) is 0 Å². The Morgan fingerprint density at radius 3 is 2.00 bits per heavy atom. The third kappa shape index (κ3) is 2.44. The molecule has 0 aromatic heterocycles. The van der Waals surface area contributed by atoms with E-state index in [0.717, 1.165) is 24.5 Å². The van der Waals surface area contributed by atoms with Crippen LogP contribution in [0.25, 0.3) is 0 Å². The molecule has 1 fully saturated rings. The first kappa shape index (κ1) is 14.2. The van der Waals surface area contributed by atoms with E-state index in [4.69, 9.17) is 9.47 Å². The molecule has 1 aliphatic rings. The fraction of sp³-hybridized carbons (Fsp3) is 0.625. The van der Waals surface area contributed by atoms with Gasteiger partial charge in [-0.3, -0.25) is 0 Å². The Labute approximate surface area is 116 Å². The van der Waals surface area contributed by atoms with Crippen molar-refractivity contribution < 1.29 is 9.47 Å². The second-order valence-corrected chi connectivity index (χ2v) is 6.29. The highest BCUT2D eigenvalue weighted by Crippen LogP contribution is 2.47. The van der Waals surface area contributed by atoms with Crippen LogP contribution in [0.15, 0.2) is 18.2 Å². The van der Waals surface area contributed by atoms with Gasteiger partial charge in [-0.1, -0.05) is 20.8 Å². The Kier molecular flexibility index (Phi) is 3.77. The number of hydrogen-bond donors (Lipinski definition) is 1. The summed E-state index contributed by atoms with van der Waals surface area (Å²) in [5, 5.41) is 3.72. The zero-order valence-electron chi connectivity index (χ0n) is 12.7. The van der Waals surface area contributed by atoms with Gasteiger partial charge in [0, 0.05) is 11.6 Å². The van der Waals surface area contributed by atoms with Crippen molar-refractivity contribution in [3.63, 3.8) is 0 Å². The van der Waals surface area contributed by atoms with Crippen molar-refractivity contribution in [2.75, 3.05) is 20.8 Å². The van der Waals surface area contributed by atoms with Crippen molar-refractivity contribution in [3.05, 3.63) is 23.8 Å². The van der Waals surface area contributed by atoms with Gasteiger partial charge in [-0.15, -0.1) is 0 Å². The molecule has 0 spiro atoms. The summed E-state index contributed by atoms with van der Waals surface area (Å²) in [7, 11) is 3.40. The van der Waals surface area contributed by atoms with Crippen molar-refractivity contribution in [2.45, 2.75) is 39.2 Å². The third-order valence-electron chi connectivity index (χ3n) is 4.28. The van der Waals surface area contributed by atoms with E-state index in [2.05, 4.69) is 38.2 Å². The van der Waals surface area contributed by atoms with E-state index < -0.39 is 0 Å². The summed E-state index contributed by atoms with van der Waals surface area (Å²) in [5.41, 5.74) is 1.39. The summed E-state index contributed by atoms with van der Waals surface area (Å²) in [6.45, 7) is 7.93. The highest BCUT2D eigenvalue weighted by molar-refractivity contribution is 5.43. The molecule has 0 radical (unpaired) electrons. The van der Waals surface area contributed by atoms with E-state index >= 15 is 0 Å². The molecule has 1 atom stereocenters. The van der Waals surface area contributed by atoms with E-state index in [0.29, 0.717) is 0 Å². The molecular weight excluding hydrogens is 238 g/mol. The topological polar surface area (TPSA) is 30.5 Å². The molecule has 1 aromatic carbocycles. The van der Waals surface area contributed by atoms with Crippen molar-refractivity contribution in [3.8, 4) is 11.5 Å². The summed E-state index contributed by atoms with van der Waals surface area (Å²) in [4.78, 5) is 0. The van der Waals surface area contributed by atoms with Crippen LogP contribution in [0.1, 0.15) is 39.2 Å². The molecule has 0 aliphatic carbocycles. The van der Waals surface area contributed by atoms with Gasteiger partial charge in [0.05, 0.1) is 14.2 Å². The van der Waals surface area contributed by atoms with E-state index in [-0.39, 0.29) is 11.0 Å². The number of ether oxygens (including phenoxy) is 2. The van der Waals surface area contributed by atoms with Gasteiger partial charge < -0.3 is 14.8 Å². The highest BCUT2D eigenvalue weighted by atomic mass is 16.5. The smallest absolute Gasteiger partial charge is 0.122 e. The minimum Gasteiger partial charge on any atom is -0.497 e. The molecule has 1 N–H and O–H groups in total. The molecule has 1 aromatic rings. The van der Waals surface area contributed by atoms with E-state index in [1.807, 2.05) is 6.07 Å². The minimum absolute atomic E-state index is 0.00514. The standard InChI is InChI=1S/C16H25NO2/c1-15(2,3)16(7-6-8-17-16)12-9-13(18-4)11-14(10-12)19-5/h9-11,17H,6-8H2,1-5H3. The van der Waals surface area contributed by atoms with Gasteiger partial charge in [0.25, 0.3) is 0 Å². The van der Waals surface area contributed by atoms with Gasteiger partial charge in [-0.2, -0.15) is 0 Å². The Morgan fingerprint density at radius 2 is 1.63 bits per heavy atom. The first-order valence-corrected chi connectivity index (χ1v) is 6.91. The Bertz CT molecular complexity index is 420. The summed E-state index contributed by atoms with van der Waals surface area (Å²) < 4.78 is 10.8. The average molecular weight is 263 g/mol. The lowest BCUT2D eigenvalue weighted by molar-refractivity contribution is 0.160. The lowest BCUT2D eigenvalue weighted by Crippen LogP contribution is -2.48. The molecule has 3 heteroatoms. The molecule has 0 amide bonds. The van der Waals surface area contributed by atoms with Crippen LogP contribution in [-0.4, -0.2) is 20.8 Å². The van der Waals surface area contributed by atoms with Crippen molar-refractivity contribution in [1.82, 2.24) is 5.32 Å². The number of nitrogens with one attached hydrogen (secondary N) is 1. The Morgan fingerprint density at radius 1 is 1.05 bits per heavy atom. The summed E-state index contributed by atoms with van der Waals surface area (Å²) in [5.74, 6) is 1.71. The molecule has 106 valence electrons. The van der Waals surface area contributed by atoms with Crippen molar-refractivity contribution >= 4 is 0 Å². The summed E-state index contributed by atoms with van der Waals surface area (Å²) in [6, 6.07) is 6.19. The normalized spacial score (nSPS) is 23.4. The van der Waals surface area contributed by atoms with Crippen LogP contribution >= 0.6 is 0 Å². The van der Waals surface area contributed by atoms with Crippen LogP contribution < -0.4 is 14.8 Å². The molecule has 1 saturated heterocycles. The molecule has 0 bridgehead atoms. The van der Waals surface area contributed by atoms with Crippen LogP contribution in [-0.2, 0) is 5.54 Å². The van der Waals surface area contributed by atoms with Crippen molar-refractivity contribution in [1.29, 1.82) is 0 Å². The van der Waals surface area contributed by atoms with Gasteiger partial charge in [-0.25, -0.2) is 0 Å². The fourth-order valence-electron chi connectivity index (χ4n) is 3.12. The predicted molar refractivity (Wildman–Crippen MR) is 77.9 cm³/mol. The number of rotatable bonds is 3. The predicted octanol–water partition coefficient (Wildman–Crippen LogP) is 3.33. The van der Waals surface area contributed by atoms with Gasteiger partial charge in [0.1, 0.15) is 11.5 Å². The first-order chi connectivity index (χ1) is 8.93. The monoisotopic (exact) mass is 263 g/mol. The van der Waals surface area contributed by atoms with Gasteiger partial charge in [0.2, 0.25) is 0 Å². The highest BCUT2D eigenvalue weighted by Gasteiger charge is 2.45. The van der Waals surface area contributed by atoms with Gasteiger partial charge in [-0.05, 0) is 42.5 Å².